The number of halogens is 1. The summed E-state index contributed by atoms with van der Waals surface area (Å²) in [6.07, 6.45) is 0.804. The molecule has 0 spiro atoms. The van der Waals surface area contributed by atoms with Crippen molar-refractivity contribution in [1.29, 1.82) is 0 Å². The highest BCUT2D eigenvalue weighted by atomic mass is 35.8. The molecule has 1 aliphatic heterocycles. The maximum absolute atomic E-state index is 10.9. The van der Waals surface area contributed by atoms with E-state index in [-0.39, 0.29) is 11.7 Å². The van der Waals surface area contributed by atoms with Gasteiger partial charge in [0.05, 0.1) is 11.7 Å². The molecule has 0 bridgehead atoms. The molecule has 1 saturated heterocycles. The predicted octanol–water partition coefficient (Wildman–Crippen LogP) is 3.37. The van der Waals surface area contributed by atoms with Gasteiger partial charge in [-0.3, -0.25) is 0 Å². The maximum Gasteiger partial charge on any atom is 0.262 e. The van der Waals surface area contributed by atoms with Crippen molar-refractivity contribution in [3.63, 3.8) is 0 Å². The highest BCUT2D eigenvalue weighted by molar-refractivity contribution is 9.02. The van der Waals surface area contributed by atoms with Crippen LogP contribution in [0.2, 0.25) is 0 Å². The first-order chi connectivity index (χ1) is 6.22. The number of hydrogen-bond acceptors (Lipinski definition) is 5. The molecule has 1 rings (SSSR count). The van der Waals surface area contributed by atoms with Gasteiger partial charge in [0, 0.05) is 27.5 Å². The summed E-state index contributed by atoms with van der Waals surface area (Å²) in [5.41, 5.74) is -2.85. The second kappa shape index (κ2) is 4.70. The van der Waals surface area contributed by atoms with Gasteiger partial charge < -0.3 is 9.05 Å². The lowest BCUT2D eigenvalue weighted by molar-refractivity contribution is 0.0106. The van der Waals surface area contributed by atoms with Crippen LogP contribution in [0.4, 0.5) is 0 Å². The van der Waals surface area contributed by atoms with Crippen LogP contribution in [0.15, 0.2) is 0 Å². The normalized spacial score (nSPS) is 39.3. The third kappa shape index (κ3) is 4.08. The van der Waals surface area contributed by atoms with E-state index < -0.39 is 14.7 Å². The molecule has 0 saturated carbocycles. The average Bonchev–Trinajstić information content (AvgIpc) is 1.74. The van der Waals surface area contributed by atoms with Crippen molar-refractivity contribution in [3.8, 4) is 0 Å². The van der Waals surface area contributed by atoms with E-state index in [9.17, 15) is 4.21 Å². The first-order valence-corrected chi connectivity index (χ1v) is 10.5. The fourth-order valence-electron chi connectivity index (χ4n) is 1.42. The Bertz CT molecular complexity index is 296. The molecule has 3 unspecified atom stereocenters. The molecule has 8 heteroatoms. The van der Waals surface area contributed by atoms with Crippen LogP contribution in [0.3, 0.4) is 0 Å². The van der Waals surface area contributed by atoms with E-state index in [1.807, 2.05) is 20.8 Å². The summed E-state index contributed by atoms with van der Waals surface area (Å²) in [6, 6.07) is 0. The van der Waals surface area contributed by atoms with Gasteiger partial charge in [-0.15, -0.1) is 0 Å². The van der Waals surface area contributed by atoms with Crippen LogP contribution in [0.1, 0.15) is 27.2 Å². The van der Waals surface area contributed by atoms with Crippen LogP contribution < -0.4 is 0 Å². The lowest BCUT2D eigenvalue weighted by Crippen LogP contribution is -2.33. The van der Waals surface area contributed by atoms with E-state index in [1.165, 1.54) is 0 Å². The molecule has 1 heterocycles. The van der Waals surface area contributed by atoms with Gasteiger partial charge in [-0.2, -0.15) is 0 Å². The fraction of sp³-hybridized carbons (Fsp3) is 1.00. The van der Waals surface area contributed by atoms with Crippen LogP contribution in [-0.4, -0.2) is 15.9 Å². The topological polar surface area (TPSA) is 35.5 Å². The smallest absolute Gasteiger partial charge is 0.262 e. The number of hydrogen-bond donors (Lipinski definition) is 0. The Kier molecular flexibility index (Phi) is 4.50. The van der Waals surface area contributed by atoms with Gasteiger partial charge in [-0.1, -0.05) is 0 Å². The van der Waals surface area contributed by atoms with E-state index in [2.05, 4.69) is 0 Å². The molecule has 0 radical (unpaired) electrons. The van der Waals surface area contributed by atoms with Crippen molar-refractivity contribution >= 4 is 47.6 Å². The van der Waals surface area contributed by atoms with Gasteiger partial charge >= 0.3 is 0 Å². The summed E-state index contributed by atoms with van der Waals surface area (Å²) in [7, 11) is 4.71. The predicted molar refractivity (Wildman–Crippen MR) is 66.2 cm³/mol. The first kappa shape index (κ1) is 13.4. The minimum Gasteiger partial charge on any atom is -0.318 e. The van der Waals surface area contributed by atoms with E-state index >= 15 is 0 Å². The van der Waals surface area contributed by atoms with Crippen molar-refractivity contribution in [3.05, 3.63) is 0 Å². The maximum atomic E-state index is 10.9. The van der Waals surface area contributed by atoms with Crippen LogP contribution >= 0.6 is 26.8 Å². The largest absolute Gasteiger partial charge is 0.318 e. The number of rotatable bonds is 2. The standard InChI is InChI=1S/C6H12ClO3PS3/c1-5-4-6(2,3)10-11(12,9-5)13-14(7)8/h5H,4H2,1-3H3. The zero-order valence-corrected chi connectivity index (χ0v) is 12.2. The Balaban J connectivity index is 2.79. The third-order valence-corrected chi connectivity index (χ3v) is 11.0. The van der Waals surface area contributed by atoms with Crippen molar-refractivity contribution < 1.29 is 13.3 Å². The molecular weight excluding hydrogens is 283 g/mol. The minimum absolute atomic E-state index is 0.0253. The molecule has 84 valence electrons. The van der Waals surface area contributed by atoms with Crippen LogP contribution in [0, 0.1) is 0 Å². The van der Waals surface area contributed by atoms with Crippen LogP contribution in [0.5, 0.6) is 0 Å². The highest BCUT2D eigenvalue weighted by Crippen LogP contribution is 2.68. The van der Waals surface area contributed by atoms with Crippen LogP contribution in [-0.2, 0) is 29.9 Å². The highest BCUT2D eigenvalue weighted by Gasteiger charge is 2.40. The molecule has 0 aromatic heterocycles. The van der Waals surface area contributed by atoms with E-state index in [4.69, 9.17) is 31.5 Å². The summed E-state index contributed by atoms with van der Waals surface area (Å²) in [5.74, 6) is 0. The van der Waals surface area contributed by atoms with E-state index in [0.29, 0.717) is 0 Å². The lowest BCUT2D eigenvalue weighted by Gasteiger charge is -2.39. The zero-order valence-electron chi connectivity index (χ0n) is 8.06. The molecule has 14 heavy (non-hydrogen) atoms. The summed E-state index contributed by atoms with van der Waals surface area (Å²) in [4.78, 5) is 0. The Morgan fingerprint density at radius 1 is 1.71 bits per heavy atom. The summed E-state index contributed by atoms with van der Waals surface area (Å²) in [6.45, 7) is 5.83. The Morgan fingerprint density at radius 2 is 2.29 bits per heavy atom. The van der Waals surface area contributed by atoms with Crippen molar-refractivity contribution in [2.45, 2.75) is 38.9 Å². The Labute approximate surface area is 99.5 Å². The summed E-state index contributed by atoms with van der Waals surface area (Å²) in [5, 5.41) is 0. The van der Waals surface area contributed by atoms with E-state index in [0.717, 1.165) is 16.8 Å². The molecular formula is C6H12ClO3PS3. The molecule has 3 nitrogen and oxygen atoms in total. The molecule has 0 aliphatic carbocycles. The van der Waals surface area contributed by atoms with Crippen molar-refractivity contribution in [1.82, 2.24) is 0 Å². The van der Waals surface area contributed by atoms with Gasteiger partial charge in [-0.25, -0.2) is 4.21 Å². The van der Waals surface area contributed by atoms with Gasteiger partial charge in [0.2, 0.25) is 0 Å². The van der Waals surface area contributed by atoms with Crippen molar-refractivity contribution in [2.24, 2.45) is 0 Å². The second-order valence-corrected chi connectivity index (χ2v) is 13.2. The lowest BCUT2D eigenvalue weighted by atomic mass is 10.0. The SMILES string of the molecule is CC1CC(C)(C)OP(=S)(SS(=O)Cl)O1. The minimum atomic E-state index is -2.53. The molecule has 0 aromatic rings. The van der Waals surface area contributed by atoms with Crippen molar-refractivity contribution in [2.75, 3.05) is 0 Å². The molecule has 0 N–H and O–H groups in total. The fourth-order valence-corrected chi connectivity index (χ4v) is 11.9. The van der Waals surface area contributed by atoms with Gasteiger partial charge in [0.25, 0.3) is 5.69 Å². The molecule has 3 atom stereocenters. The third-order valence-electron chi connectivity index (χ3n) is 1.60. The van der Waals surface area contributed by atoms with Gasteiger partial charge in [-0.05, 0) is 32.6 Å². The molecule has 1 aliphatic rings. The summed E-state index contributed by atoms with van der Waals surface area (Å²) < 4.78 is 22.0. The summed E-state index contributed by atoms with van der Waals surface area (Å²) >= 11 is 5.21. The molecule has 0 aromatic carbocycles. The van der Waals surface area contributed by atoms with Gasteiger partial charge in [0.1, 0.15) is 0 Å². The average molecular weight is 295 g/mol. The quantitative estimate of drug-likeness (QED) is 0.443. The first-order valence-electron chi connectivity index (χ1n) is 4.00. The van der Waals surface area contributed by atoms with Gasteiger partial charge in [0.15, 0.2) is 9.05 Å². The molecule has 0 amide bonds. The van der Waals surface area contributed by atoms with Crippen LogP contribution in [0.25, 0.3) is 0 Å². The Morgan fingerprint density at radius 3 is 2.71 bits per heavy atom. The Hall–Kier alpha value is 1.36. The second-order valence-electron chi connectivity index (χ2n) is 3.69. The monoisotopic (exact) mass is 294 g/mol. The van der Waals surface area contributed by atoms with E-state index in [1.54, 1.807) is 0 Å². The molecule has 1 fully saturated rings. The zero-order chi connectivity index (χ0) is 11.0.